The van der Waals surface area contributed by atoms with E-state index in [1.807, 2.05) is 18.2 Å². The second-order valence-electron chi connectivity index (χ2n) is 6.95. The zero-order valence-corrected chi connectivity index (χ0v) is 14.6. The lowest BCUT2D eigenvalue weighted by Crippen LogP contribution is -2.28. The number of ether oxygens (including phenoxy) is 2. The third kappa shape index (κ3) is 3.59. The molecule has 1 saturated carbocycles. The number of carbonyl (C=O) groups excluding carboxylic acids is 1. The van der Waals surface area contributed by atoms with Gasteiger partial charge in [0, 0.05) is 19.5 Å². The number of hydrogen-bond donors (Lipinski definition) is 0. The van der Waals surface area contributed by atoms with Gasteiger partial charge in [0.05, 0.1) is 5.56 Å². The highest BCUT2D eigenvalue weighted by molar-refractivity contribution is 5.82. The summed E-state index contributed by atoms with van der Waals surface area (Å²) < 4.78 is 48.6. The molecule has 0 N–H and O–H groups in total. The molecule has 2 unspecified atom stereocenters. The predicted octanol–water partition coefficient (Wildman–Crippen LogP) is 4.20. The SMILES string of the molecule is CN(Cc1ccc2c(c1)OCO2)C(=O)C1CC1c1ccc(C(F)(F)F)cc1. The molecule has 0 aromatic heterocycles. The molecule has 1 aliphatic heterocycles. The number of carbonyl (C=O) groups is 1. The first-order valence-corrected chi connectivity index (χ1v) is 8.63. The maximum Gasteiger partial charge on any atom is 0.416 e. The van der Waals surface area contributed by atoms with Gasteiger partial charge in [-0.3, -0.25) is 4.79 Å². The lowest BCUT2D eigenvalue weighted by atomic mass is 10.1. The van der Waals surface area contributed by atoms with Crippen LogP contribution in [-0.2, 0) is 17.5 Å². The van der Waals surface area contributed by atoms with Gasteiger partial charge in [-0.2, -0.15) is 13.2 Å². The van der Waals surface area contributed by atoms with E-state index in [2.05, 4.69) is 0 Å². The highest BCUT2D eigenvalue weighted by Gasteiger charge is 2.45. The van der Waals surface area contributed by atoms with Crippen molar-refractivity contribution in [1.82, 2.24) is 4.90 Å². The summed E-state index contributed by atoms with van der Waals surface area (Å²) in [4.78, 5) is 14.3. The number of hydrogen-bond acceptors (Lipinski definition) is 3. The van der Waals surface area contributed by atoms with Crippen molar-refractivity contribution in [2.24, 2.45) is 5.92 Å². The molecule has 27 heavy (non-hydrogen) atoms. The Morgan fingerprint density at radius 1 is 1.11 bits per heavy atom. The Labute approximate surface area is 154 Å². The number of alkyl halides is 3. The number of nitrogens with zero attached hydrogens (tertiary/aromatic N) is 1. The van der Waals surface area contributed by atoms with Crippen molar-refractivity contribution >= 4 is 5.91 Å². The summed E-state index contributed by atoms with van der Waals surface area (Å²) >= 11 is 0. The molecular weight excluding hydrogens is 359 g/mol. The number of amides is 1. The summed E-state index contributed by atoms with van der Waals surface area (Å²) in [6, 6.07) is 10.6. The molecule has 2 aliphatic rings. The molecule has 4 rings (SSSR count). The topological polar surface area (TPSA) is 38.8 Å². The minimum absolute atomic E-state index is 0.00225. The van der Waals surface area contributed by atoms with Crippen molar-refractivity contribution < 1.29 is 27.4 Å². The molecule has 1 amide bonds. The van der Waals surface area contributed by atoms with Crippen LogP contribution in [0.2, 0.25) is 0 Å². The van der Waals surface area contributed by atoms with Crippen LogP contribution >= 0.6 is 0 Å². The molecule has 1 heterocycles. The summed E-state index contributed by atoms with van der Waals surface area (Å²) in [6.45, 7) is 0.635. The third-order valence-electron chi connectivity index (χ3n) is 5.01. The minimum atomic E-state index is -4.35. The summed E-state index contributed by atoms with van der Waals surface area (Å²) in [7, 11) is 1.73. The largest absolute Gasteiger partial charge is 0.454 e. The van der Waals surface area contributed by atoms with Crippen LogP contribution in [0.4, 0.5) is 13.2 Å². The Morgan fingerprint density at radius 3 is 2.52 bits per heavy atom. The molecule has 1 fully saturated rings. The maximum absolute atomic E-state index is 12.7. The molecule has 1 aliphatic carbocycles. The van der Waals surface area contributed by atoms with Gasteiger partial charge >= 0.3 is 6.18 Å². The van der Waals surface area contributed by atoms with Crippen LogP contribution < -0.4 is 9.47 Å². The Kier molecular flexibility index (Phi) is 4.25. The highest BCUT2D eigenvalue weighted by atomic mass is 19.4. The molecule has 7 heteroatoms. The van der Waals surface area contributed by atoms with Crippen molar-refractivity contribution in [3.63, 3.8) is 0 Å². The zero-order chi connectivity index (χ0) is 19.2. The molecular formula is C20H18F3NO3. The molecule has 0 bridgehead atoms. The number of rotatable bonds is 4. The molecule has 2 aromatic rings. The van der Waals surface area contributed by atoms with E-state index >= 15 is 0 Å². The summed E-state index contributed by atoms with van der Waals surface area (Å²) in [5, 5.41) is 0. The van der Waals surface area contributed by atoms with E-state index in [0.717, 1.165) is 23.3 Å². The van der Waals surface area contributed by atoms with Crippen LogP contribution in [0.5, 0.6) is 11.5 Å². The fourth-order valence-corrected chi connectivity index (χ4v) is 3.43. The van der Waals surface area contributed by atoms with Crippen LogP contribution in [0.3, 0.4) is 0 Å². The van der Waals surface area contributed by atoms with Crippen molar-refractivity contribution in [2.45, 2.75) is 25.1 Å². The third-order valence-corrected chi connectivity index (χ3v) is 5.01. The minimum Gasteiger partial charge on any atom is -0.454 e. The quantitative estimate of drug-likeness (QED) is 0.802. The van der Waals surface area contributed by atoms with Crippen molar-refractivity contribution in [3.8, 4) is 11.5 Å². The zero-order valence-electron chi connectivity index (χ0n) is 14.6. The van der Waals surface area contributed by atoms with Crippen LogP contribution in [0.25, 0.3) is 0 Å². The van der Waals surface area contributed by atoms with E-state index < -0.39 is 11.7 Å². The first-order chi connectivity index (χ1) is 12.8. The van der Waals surface area contributed by atoms with Gasteiger partial charge in [-0.1, -0.05) is 18.2 Å². The van der Waals surface area contributed by atoms with Gasteiger partial charge in [0.2, 0.25) is 12.7 Å². The van der Waals surface area contributed by atoms with E-state index in [9.17, 15) is 18.0 Å². The monoisotopic (exact) mass is 377 g/mol. The lowest BCUT2D eigenvalue weighted by Gasteiger charge is -2.18. The fourth-order valence-electron chi connectivity index (χ4n) is 3.43. The number of halogens is 3. The first kappa shape index (κ1) is 17.7. The highest BCUT2D eigenvalue weighted by Crippen LogP contribution is 2.49. The molecule has 2 aromatic carbocycles. The average Bonchev–Trinajstić information content (AvgIpc) is 3.30. The van der Waals surface area contributed by atoms with Crippen LogP contribution in [0, 0.1) is 5.92 Å². The Hall–Kier alpha value is -2.70. The molecule has 4 nitrogen and oxygen atoms in total. The van der Waals surface area contributed by atoms with Crippen molar-refractivity contribution in [2.75, 3.05) is 13.8 Å². The van der Waals surface area contributed by atoms with Gasteiger partial charge in [-0.05, 0) is 47.7 Å². The van der Waals surface area contributed by atoms with Crippen LogP contribution in [-0.4, -0.2) is 24.6 Å². The van der Waals surface area contributed by atoms with Gasteiger partial charge < -0.3 is 14.4 Å². The van der Waals surface area contributed by atoms with Crippen LogP contribution in [0.1, 0.15) is 29.0 Å². The molecule has 0 radical (unpaired) electrons. The summed E-state index contributed by atoms with van der Waals surface area (Å²) in [5.41, 5.74) is 1.04. The van der Waals surface area contributed by atoms with Crippen molar-refractivity contribution in [3.05, 3.63) is 59.2 Å². The summed E-state index contributed by atoms with van der Waals surface area (Å²) in [5.74, 6) is 1.16. The lowest BCUT2D eigenvalue weighted by molar-refractivity contribution is -0.137. The maximum atomic E-state index is 12.7. The standard InChI is InChI=1S/C20H18F3NO3/c1-24(10-12-2-7-17-18(8-12)27-11-26-17)19(25)16-9-15(16)13-3-5-14(6-4-13)20(21,22)23/h2-8,15-16H,9-11H2,1H3. The molecule has 0 spiro atoms. The van der Waals surface area contributed by atoms with E-state index in [0.29, 0.717) is 24.5 Å². The predicted molar refractivity (Wildman–Crippen MR) is 91.3 cm³/mol. The summed E-state index contributed by atoms with van der Waals surface area (Å²) in [6.07, 6.45) is -3.68. The smallest absolute Gasteiger partial charge is 0.416 e. The van der Waals surface area contributed by atoms with E-state index in [4.69, 9.17) is 9.47 Å². The first-order valence-electron chi connectivity index (χ1n) is 8.63. The molecule has 0 saturated heterocycles. The Bertz CT molecular complexity index is 864. The van der Waals surface area contributed by atoms with Crippen LogP contribution in [0.15, 0.2) is 42.5 Å². The van der Waals surface area contributed by atoms with Gasteiger partial charge in [0.1, 0.15) is 0 Å². The normalized spacial score (nSPS) is 20.4. The van der Waals surface area contributed by atoms with Gasteiger partial charge in [-0.25, -0.2) is 0 Å². The van der Waals surface area contributed by atoms with Gasteiger partial charge in [-0.15, -0.1) is 0 Å². The average molecular weight is 377 g/mol. The van der Waals surface area contributed by atoms with Crippen molar-refractivity contribution in [1.29, 1.82) is 0 Å². The Balaban J connectivity index is 1.38. The second kappa shape index (κ2) is 6.48. The van der Waals surface area contributed by atoms with Gasteiger partial charge in [0.15, 0.2) is 11.5 Å². The Morgan fingerprint density at radius 2 is 1.81 bits per heavy atom. The fraction of sp³-hybridized carbons (Fsp3) is 0.350. The number of fused-ring (bicyclic) bond motifs is 1. The second-order valence-corrected chi connectivity index (χ2v) is 6.95. The van der Waals surface area contributed by atoms with E-state index in [1.54, 1.807) is 11.9 Å². The number of benzene rings is 2. The molecule has 142 valence electrons. The van der Waals surface area contributed by atoms with E-state index in [1.165, 1.54) is 12.1 Å². The molecule has 2 atom stereocenters. The van der Waals surface area contributed by atoms with Gasteiger partial charge in [0.25, 0.3) is 0 Å². The van der Waals surface area contributed by atoms with E-state index in [-0.39, 0.29) is 24.5 Å².